The normalized spacial score (nSPS) is 11.8. The molecule has 0 heterocycles. The van der Waals surface area contributed by atoms with Gasteiger partial charge in [-0.2, -0.15) is 0 Å². The average Bonchev–Trinajstić information content (AvgIpc) is 2.42. The van der Waals surface area contributed by atoms with Gasteiger partial charge in [-0.25, -0.2) is 0 Å². The van der Waals surface area contributed by atoms with Gasteiger partial charge in [-0.1, -0.05) is 43.7 Å². The largest absolute Gasteiger partial charge is 0.380 e. The Bertz CT molecular complexity index is 495. The van der Waals surface area contributed by atoms with Gasteiger partial charge >= 0.3 is 0 Å². The molecule has 1 nitrogen and oxygen atoms in total. The minimum Gasteiger partial charge on any atom is -0.380 e. The highest BCUT2D eigenvalue weighted by Gasteiger charge is 2.10. The molecule has 1 aromatic carbocycles. The fraction of sp³-hybridized carbons (Fsp3) is 0.474. The van der Waals surface area contributed by atoms with E-state index in [1.807, 2.05) is 6.08 Å². The van der Waals surface area contributed by atoms with Crippen LogP contribution in [0.25, 0.3) is 6.08 Å². The molecule has 20 heavy (non-hydrogen) atoms. The number of ether oxygens (including phenoxy) is 1. The molecule has 0 saturated carbocycles. The fourth-order valence-electron chi connectivity index (χ4n) is 2.67. The Labute approximate surface area is 124 Å². The van der Waals surface area contributed by atoms with Crippen LogP contribution in [0.3, 0.4) is 0 Å². The van der Waals surface area contributed by atoms with E-state index in [2.05, 4.69) is 46.4 Å². The van der Waals surface area contributed by atoms with Gasteiger partial charge in [0.05, 0.1) is 6.61 Å². The molecule has 0 unspecified atom stereocenters. The van der Waals surface area contributed by atoms with Crippen molar-refractivity contribution in [2.24, 2.45) is 0 Å². The van der Waals surface area contributed by atoms with Gasteiger partial charge in [0.15, 0.2) is 0 Å². The number of aryl methyl sites for hydroxylation is 1. The van der Waals surface area contributed by atoms with Crippen molar-refractivity contribution in [2.75, 3.05) is 7.11 Å². The van der Waals surface area contributed by atoms with E-state index in [1.54, 1.807) is 7.11 Å². The third-order valence-corrected chi connectivity index (χ3v) is 3.89. The quantitative estimate of drug-likeness (QED) is 0.605. The van der Waals surface area contributed by atoms with Gasteiger partial charge in [-0.15, -0.1) is 0 Å². The second kappa shape index (κ2) is 8.06. The lowest BCUT2D eigenvalue weighted by atomic mass is 9.91. The van der Waals surface area contributed by atoms with Crippen LogP contribution in [0.4, 0.5) is 0 Å². The molecule has 1 heteroatoms. The minimum absolute atomic E-state index is 0.652. The zero-order valence-electron chi connectivity index (χ0n) is 13.7. The van der Waals surface area contributed by atoms with Gasteiger partial charge in [0, 0.05) is 7.11 Å². The maximum atomic E-state index is 5.32. The predicted molar refractivity (Wildman–Crippen MR) is 89.1 cm³/mol. The molecule has 0 aliphatic carbocycles. The van der Waals surface area contributed by atoms with Crippen LogP contribution in [0, 0.1) is 13.8 Å². The molecular weight excluding hydrogens is 244 g/mol. The van der Waals surface area contributed by atoms with Gasteiger partial charge in [0.25, 0.3) is 0 Å². The molecule has 0 amide bonds. The van der Waals surface area contributed by atoms with Crippen LogP contribution in [-0.4, -0.2) is 7.11 Å². The van der Waals surface area contributed by atoms with Crippen molar-refractivity contribution < 1.29 is 4.74 Å². The Kier molecular flexibility index (Phi) is 6.74. The molecule has 0 bridgehead atoms. The van der Waals surface area contributed by atoms with Gasteiger partial charge in [0.2, 0.25) is 0 Å². The third kappa shape index (κ3) is 4.08. The van der Waals surface area contributed by atoms with E-state index >= 15 is 0 Å². The molecule has 1 rings (SSSR count). The highest BCUT2D eigenvalue weighted by molar-refractivity contribution is 5.61. The summed E-state index contributed by atoms with van der Waals surface area (Å²) >= 11 is 0. The van der Waals surface area contributed by atoms with Crippen LogP contribution in [0.2, 0.25) is 0 Å². The maximum Gasteiger partial charge on any atom is 0.0721 e. The van der Waals surface area contributed by atoms with Crippen molar-refractivity contribution in [1.82, 2.24) is 0 Å². The molecule has 0 spiro atoms. The van der Waals surface area contributed by atoms with Gasteiger partial charge < -0.3 is 4.74 Å². The topological polar surface area (TPSA) is 9.23 Å². The summed E-state index contributed by atoms with van der Waals surface area (Å²) < 4.78 is 5.32. The standard InChI is InChI=1S/C19H28O/c1-7-9-14(3)10-11-17-12-15(4)19(13-20-6)18(8-2)16(17)5/h8,10,12H,2,7,9,11,13H2,1,3-6H3/b14-10+. The monoisotopic (exact) mass is 272 g/mol. The van der Waals surface area contributed by atoms with Crippen LogP contribution in [0.5, 0.6) is 0 Å². The van der Waals surface area contributed by atoms with Crippen LogP contribution in [-0.2, 0) is 17.8 Å². The summed E-state index contributed by atoms with van der Waals surface area (Å²) in [6.45, 7) is 13.4. The zero-order valence-corrected chi connectivity index (χ0v) is 13.7. The molecule has 0 fully saturated rings. The molecule has 0 aromatic heterocycles. The second-order valence-corrected chi connectivity index (χ2v) is 5.51. The molecule has 0 atom stereocenters. The summed E-state index contributed by atoms with van der Waals surface area (Å²) in [5.41, 5.74) is 8.00. The van der Waals surface area contributed by atoms with Crippen molar-refractivity contribution in [3.8, 4) is 0 Å². The molecular formula is C19H28O. The number of hydrogen-bond donors (Lipinski definition) is 0. The Morgan fingerprint density at radius 1 is 1.35 bits per heavy atom. The fourth-order valence-corrected chi connectivity index (χ4v) is 2.67. The Balaban J connectivity index is 3.13. The minimum atomic E-state index is 0.652. The van der Waals surface area contributed by atoms with Crippen molar-refractivity contribution in [2.45, 2.75) is 53.6 Å². The summed E-state index contributed by atoms with van der Waals surface area (Å²) in [6.07, 6.45) is 7.72. The van der Waals surface area contributed by atoms with Crippen LogP contribution < -0.4 is 0 Å². The number of allylic oxidation sites excluding steroid dienone is 2. The lowest BCUT2D eigenvalue weighted by molar-refractivity contribution is 0.184. The highest BCUT2D eigenvalue weighted by Crippen LogP contribution is 2.25. The van der Waals surface area contributed by atoms with Crippen LogP contribution >= 0.6 is 0 Å². The summed E-state index contributed by atoms with van der Waals surface area (Å²) in [4.78, 5) is 0. The summed E-state index contributed by atoms with van der Waals surface area (Å²) in [7, 11) is 1.74. The van der Waals surface area contributed by atoms with E-state index in [-0.39, 0.29) is 0 Å². The molecule has 110 valence electrons. The SMILES string of the molecule is C=Cc1c(C)c(C/C=C(\C)CCC)cc(C)c1COC. The molecule has 1 aromatic rings. The van der Waals surface area contributed by atoms with E-state index in [0.29, 0.717) is 6.61 Å². The van der Waals surface area contributed by atoms with E-state index in [0.717, 1.165) is 6.42 Å². The van der Waals surface area contributed by atoms with E-state index in [1.165, 1.54) is 46.2 Å². The first-order valence-corrected chi connectivity index (χ1v) is 7.44. The first kappa shape index (κ1) is 16.7. The number of benzene rings is 1. The highest BCUT2D eigenvalue weighted by atomic mass is 16.5. The third-order valence-electron chi connectivity index (χ3n) is 3.89. The molecule has 0 saturated heterocycles. The predicted octanol–water partition coefficient (Wildman–Crippen LogP) is 5.38. The smallest absolute Gasteiger partial charge is 0.0721 e. The van der Waals surface area contributed by atoms with Crippen LogP contribution in [0.1, 0.15) is 54.5 Å². The molecule has 0 radical (unpaired) electrons. The van der Waals surface area contributed by atoms with Crippen LogP contribution in [0.15, 0.2) is 24.3 Å². The number of rotatable bonds is 7. The molecule has 0 N–H and O–H groups in total. The number of methoxy groups -OCH3 is 1. The van der Waals surface area contributed by atoms with Gasteiger partial charge in [-0.05, 0) is 61.4 Å². The van der Waals surface area contributed by atoms with Gasteiger partial charge in [-0.3, -0.25) is 0 Å². The number of hydrogen-bond acceptors (Lipinski definition) is 1. The van der Waals surface area contributed by atoms with E-state index in [9.17, 15) is 0 Å². The lowest BCUT2D eigenvalue weighted by Gasteiger charge is -2.16. The molecule has 0 aliphatic rings. The van der Waals surface area contributed by atoms with Crippen molar-refractivity contribution >= 4 is 6.08 Å². The Morgan fingerprint density at radius 2 is 2.05 bits per heavy atom. The van der Waals surface area contributed by atoms with Gasteiger partial charge in [0.1, 0.15) is 0 Å². The Morgan fingerprint density at radius 3 is 2.60 bits per heavy atom. The molecule has 0 aliphatic heterocycles. The second-order valence-electron chi connectivity index (χ2n) is 5.51. The van der Waals surface area contributed by atoms with E-state index < -0.39 is 0 Å². The lowest BCUT2D eigenvalue weighted by Crippen LogP contribution is -2.02. The van der Waals surface area contributed by atoms with Crippen molar-refractivity contribution in [3.05, 3.63) is 52.1 Å². The van der Waals surface area contributed by atoms with Crippen molar-refractivity contribution in [3.63, 3.8) is 0 Å². The summed E-state index contributed by atoms with van der Waals surface area (Å²) in [5.74, 6) is 0. The van der Waals surface area contributed by atoms with Crippen molar-refractivity contribution in [1.29, 1.82) is 0 Å². The summed E-state index contributed by atoms with van der Waals surface area (Å²) in [5, 5.41) is 0. The Hall–Kier alpha value is -1.34. The maximum absolute atomic E-state index is 5.32. The first-order valence-electron chi connectivity index (χ1n) is 7.44. The van der Waals surface area contributed by atoms with E-state index in [4.69, 9.17) is 4.74 Å². The summed E-state index contributed by atoms with van der Waals surface area (Å²) in [6, 6.07) is 2.30. The average molecular weight is 272 g/mol. The zero-order chi connectivity index (χ0) is 15.1. The first-order chi connectivity index (χ1) is 9.54.